The van der Waals surface area contributed by atoms with E-state index in [1.54, 1.807) is 0 Å². The molecule has 2 N–H and O–H groups in total. The first-order chi connectivity index (χ1) is 5.56. The van der Waals surface area contributed by atoms with Gasteiger partial charge in [-0.1, -0.05) is 6.92 Å². The lowest BCUT2D eigenvalue weighted by atomic mass is 9.94. The summed E-state index contributed by atoms with van der Waals surface area (Å²) in [4.78, 5) is 0. The number of nitrogens with two attached hydrogens (primary N) is 1. The Labute approximate surface area is 74.2 Å². The summed E-state index contributed by atoms with van der Waals surface area (Å²) in [5.74, 6) is -0.232. The van der Waals surface area contributed by atoms with E-state index in [4.69, 9.17) is 15.2 Å². The van der Waals surface area contributed by atoms with Crippen molar-refractivity contribution in [1.29, 1.82) is 0 Å². The largest absolute Gasteiger partial charge is 0.350 e. The van der Waals surface area contributed by atoms with Gasteiger partial charge in [0.25, 0.3) is 0 Å². The van der Waals surface area contributed by atoms with Gasteiger partial charge in [-0.15, -0.1) is 0 Å². The molecule has 0 saturated carbocycles. The molecule has 1 aliphatic heterocycles. The highest BCUT2D eigenvalue weighted by Gasteiger charge is 2.37. The second kappa shape index (κ2) is 3.73. The standard InChI is InChI=1S/C9H19NO2/c1-7(8(2)10)9(3)11-5-4-6-12-9/h7-8H,4-6,10H2,1-3H3. The summed E-state index contributed by atoms with van der Waals surface area (Å²) in [5, 5.41) is 0. The number of ether oxygens (including phenoxy) is 2. The first-order valence-electron chi connectivity index (χ1n) is 4.60. The molecule has 2 atom stereocenters. The minimum absolute atomic E-state index is 0.105. The van der Waals surface area contributed by atoms with Gasteiger partial charge in [0.05, 0.1) is 13.2 Å². The fourth-order valence-corrected chi connectivity index (χ4v) is 1.39. The van der Waals surface area contributed by atoms with Gasteiger partial charge in [0.15, 0.2) is 5.79 Å². The third kappa shape index (κ3) is 1.97. The Bertz CT molecular complexity index is 141. The molecule has 1 saturated heterocycles. The van der Waals surface area contributed by atoms with Gasteiger partial charge in [-0.2, -0.15) is 0 Å². The second-order valence-electron chi connectivity index (χ2n) is 3.71. The molecule has 1 rings (SSSR count). The van der Waals surface area contributed by atoms with E-state index in [0.29, 0.717) is 0 Å². The highest BCUT2D eigenvalue weighted by atomic mass is 16.7. The zero-order chi connectivity index (χ0) is 9.19. The van der Waals surface area contributed by atoms with Crippen LogP contribution in [0.2, 0.25) is 0 Å². The quantitative estimate of drug-likeness (QED) is 0.680. The van der Waals surface area contributed by atoms with Crippen LogP contribution in [-0.2, 0) is 9.47 Å². The molecular weight excluding hydrogens is 154 g/mol. The summed E-state index contributed by atoms with van der Waals surface area (Å²) < 4.78 is 11.2. The van der Waals surface area contributed by atoms with Gasteiger partial charge < -0.3 is 15.2 Å². The van der Waals surface area contributed by atoms with E-state index in [9.17, 15) is 0 Å². The molecule has 2 unspecified atom stereocenters. The van der Waals surface area contributed by atoms with Crippen LogP contribution in [-0.4, -0.2) is 25.0 Å². The Morgan fingerprint density at radius 1 is 1.25 bits per heavy atom. The molecule has 1 aliphatic rings. The van der Waals surface area contributed by atoms with Crippen molar-refractivity contribution in [2.45, 2.75) is 39.0 Å². The molecule has 0 aromatic heterocycles. The van der Waals surface area contributed by atoms with Crippen molar-refractivity contribution in [3.8, 4) is 0 Å². The molecule has 1 heterocycles. The van der Waals surface area contributed by atoms with Gasteiger partial charge in [0.1, 0.15) is 0 Å². The molecule has 12 heavy (non-hydrogen) atoms. The molecule has 0 aliphatic carbocycles. The number of hydrogen-bond donors (Lipinski definition) is 1. The number of rotatable bonds is 2. The van der Waals surface area contributed by atoms with Crippen LogP contribution in [0.1, 0.15) is 27.2 Å². The maximum Gasteiger partial charge on any atom is 0.169 e. The van der Waals surface area contributed by atoms with Crippen molar-refractivity contribution in [1.82, 2.24) is 0 Å². The van der Waals surface area contributed by atoms with E-state index in [1.807, 2.05) is 13.8 Å². The minimum atomic E-state index is -0.466. The average Bonchev–Trinajstić information content (AvgIpc) is 2.04. The molecule has 0 radical (unpaired) electrons. The Balaban J connectivity index is 2.56. The summed E-state index contributed by atoms with van der Waals surface area (Å²) in [7, 11) is 0. The lowest BCUT2D eigenvalue weighted by Gasteiger charge is -2.40. The summed E-state index contributed by atoms with van der Waals surface area (Å²) in [5.41, 5.74) is 5.79. The number of hydrogen-bond acceptors (Lipinski definition) is 3. The van der Waals surface area contributed by atoms with Crippen molar-refractivity contribution in [3.05, 3.63) is 0 Å². The van der Waals surface area contributed by atoms with Gasteiger partial charge >= 0.3 is 0 Å². The fraction of sp³-hybridized carbons (Fsp3) is 1.00. The van der Waals surface area contributed by atoms with Crippen LogP contribution in [0.25, 0.3) is 0 Å². The first kappa shape index (κ1) is 9.96. The maximum absolute atomic E-state index is 5.79. The first-order valence-corrected chi connectivity index (χ1v) is 4.60. The SMILES string of the molecule is CC(N)C(C)C1(C)OCCCO1. The predicted molar refractivity (Wildman–Crippen MR) is 47.7 cm³/mol. The topological polar surface area (TPSA) is 44.5 Å². The predicted octanol–water partition coefficient (Wildman–Crippen LogP) is 1.12. The van der Waals surface area contributed by atoms with Gasteiger partial charge in [-0.25, -0.2) is 0 Å². The summed E-state index contributed by atoms with van der Waals surface area (Å²) in [6.07, 6.45) is 0.987. The van der Waals surface area contributed by atoms with E-state index >= 15 is 0 Å². The molecule has 3 nitrogen and oxygen atoms in total. The molecule has 0 bridgehead atoms. The minimum Gasteiger partial charge on any atom is -0.350 e. The van der Waals surface area contributed by atoms with Gasteiger partial charge in [0, 0.05) is 12.0 Å². The summed E-state index contributed by atoms with van der Waals surface area (Å²) in [6.45, 7) is 7.59. The lowest BCUT2D eigenvalue weighted by molar-refractivity contribution is -0.282. The van der Waals surface area contributed by atoms with E-state index in [-0.39, 0.29) is 12.0 Å². The summed E-state index contributed by atoms with van der Waals surface area (Å²) >= 11 is 0. The molecule has 0 amide bonds. The second-order valence-corrected chi connectivity index (χ2v) is 3.71. The highest BCUT2D eigenvalue weighted by molar-refractivity contribution is 4.79. The van der Waals surface area contributed by atoms with E-state index in [0.717, 1.165) is 19.6 Å². The zero-order valence-electron chi connectivity index (χ0n) is 8.17. The van der Waals surface area contributed by atoms with Gasteiger partial charge in [-0.3, -0.25) is 0 Å². The molecule has 1 fully saturated rings. The smallest absolute Gasteiger partial charge is 0.169 e. The molecule has 0 aromatic rings. The van der Waals surface area contributed by atoms with Gasteiger partial charge in [0.2, 0.25) is 0 Å². The Hall–Kier alpha value is -0.120. The van der Waals surface area contributed by atoms with Crippen LogP contribution in [0, 0.1) is 5.92 Å². The third-order valence-corrected chi connectivity index (χ3v) is 2.68. The Morgan fingerprint density at radius 3 is 2.17 bits per heavy atom. The van der Waals surface area contributed by atoms with E-state index in [1.165, 1.54) is 0 Å². The molecular formula is C9H19NO2. The van der Waals surface area contributed by atoms with Crippen molar-refractivity contribution in [2.75, 3.05) is 13.2 Å². The van der Waals surface area contributed by atoms with Crippen LogP contribution >= 0.6 is 0 Å². The van der Waals surface area contributed by atoms with E-state index < -0.39 is 5.79 Å². The molecule has 0 aromatic carbocycles. The van der Waals surface area contributed by atoms with Crippen molar-refractivity contribution in [3.63, 3.8) is 0 Å². The van der Waals surface area contributed by atoms with Crippen LogP contribution in [0.3, 0.4) is 0 Å². The third-order valence-electron chi connectivity index (χ3n) is 2.68. The summed E-state index contributed by atoms with van der Waals surface area (Å²) in [6, 6.07) is 0.105. The molecule has 3 heteroatoms. The van der Waals surface area contributed by atoms with Crippen LogP contribution in [0.15, 0.2) is 0 Å². The molecule has 72 valence electrons. The zero-order valence-corrected chi connectivity index (χ0v) is 8.17. The van der Waals surface area contributed by atoms with Crippen molar-refractivity contribution < 1.29 is 9.47 Å². The van der Waals surface area contributed by atoms with Crippen molar-refractivity contribution in [2.24, 2.45) is 11.7 Å². The maximum atomic E-state index is 5.79. The Morgan fingerprint density at radius 2 is 1.75 bits per heavy atom. The van der Waals surface area contributed by atoms with E-state index in [2.05, 4.69) is 6.92 Å². The highest BCUT2D eigenvalue weighted by Crippen LogP contribution is 2.28. The van der Waals surface area contributed by atoms with Crippen molar-refractivity contribution >= 4 is 0 Å². The molecule has 0 spiro atoms. The fourth-order valence-electron chi connectivity index (χ4n) is 1.39. The van der Waals surface area contributed by atoms with Crippen LogP contribution < -0.4 is 5.73 Å². The lowest BCUT2D eigenvalue weighted by Crippen LogP contribution is -2.49. The van der Waals surface area contributed by atoms with Crippen LogP contribution in [0.5, 0.6) is 0 Å². The normalized spacial score (nSPS) is 28.0. The average molecular weight is 173 g/mol. The van der Waals surface area contributed by atoms with Gasteiger partial charge in [-0.05, 0) is 20.3 Å². The van der Waals surface area contributed by atoms with Crippen LogP contribution in [0.4, 0.5) is 0 Å². The monoisotopic (exact) mass is 173 g/mol. The Kier molecular flexibility index (Phi) is 3.09.